The molecule has 0 unspecified atom stereocenters. The predicted octanol–water partition coefficient (Wildman–Crippen LogP) is 3.88. The van der Waals surface area contributed by atoms with Crippen molar-refractivity contribution in [1.82, 2.24) is 15.1 Å². The lowest BCUT2D eigenvalue weighted by Gasteiger charge is -2.09. The second-order valence-electron chi connectivity index (χ2n) is 5.59. The summed E-state index contributed by atoms with van der Waals surface area (Å²) in [5.41, 5.74) is 0.994. The zero-order valence-corrected chi connectivity index (χ0v) is 16.4. The first kappa shape index (κ1) is 20.3. The third kappa shape index (κ3) is 4.52. The average molecular weight is 417 g/mol. The molecule has 0 bridgehead atoms. The summed E-state index contributed by atoms with van der Waals surface area (Å²) in [6.07, 6.45) is 2.54. The van der Waals surface area contributed by atoms with E-state index in [2.05, 4.69) is 20.4 Å². The fourth-order valence-electron chi connectivity index (χ4n) is 2.47. The van der Waals surface area contributed by atoms with Crippen molar-refractivity contribution < 1.29 is 23.6 Å². The summed E-state index contributed by atoms with van der Waals surface area (Å²) < 4.78 is 15.5. The number of hydrogen-bond donors (Lipinski definition) is 1. The maximum absolute atomic E-state index is 12.6. The molecular weight excluding hydrogens is 400 g/mol. The topological polar surface area (TPSA) is 116 Å². The number of benzene rings is 1. The molecular formula is C19H17ClN4O5. The van der Waals surface area contributed by atoms with Crippen LogP contribution in [0.15, 0.2) is 41.3 Å². The Kier molecular flexibility index (Phi) is 6.40. The van der Waals surface area contributed by atoms with Crippen LogP contribution < -0.4 is 5.32 Å². The quantitative estimate of drug-likeness (QED) is 0.572. The molecule has 0 radical (unpaired) electrons. The number of carbonyl (C=O) groups excluding carboxylic acids is 2. The highest BCUT2D eigenvalue weighted by Gasteiger charge is 2.27. The molecule has 0 aliphatic heterocycles. The second kappa shape index (κ2) is 9.16. The SMILES string of the molecule is CCOC(=O)c1cncnc1Nc1onc(-c2ccc(Cl)cc2)c1C(=O)OCC. The number of halogens is 1. The first-order chi connectivity index (χ1) is 14.0. The van der Waals surface area contributed by atoms with E-state index in [4.69, 9.17) is 25.6 Å². The zero-order chi connectivity index (χ0) is 20.8. The van der Waals surface area contributed by atoms with Gasteiger partial charge in [-0.3, -0.25) is 0 Å². The van der Waals surface area contributed by atoms with E-state index >= 15 is 0 Å². The van der Waals surface area contributed by atoms with E-state index in [1.165, 1.54) is 12.5 Å². The van der Waals surface area contributed by atoms with Gasteiger partial charge in [0.2, 0.25) is 5.88 Å². The molecule has 150 valence electrons. The fourth-order valence-corrected chi connectivity index (χ4v) is 2.59. The number of anilines is 2. The molecule has 29 heavy (non-hydrogen) atoms. The predicted molar refractivity (Wildman–Crippen MR) is 104 cm³/mol. The lowest BCUT2D eigenvalue weighted by molar-refractivity contribution is 0.0518. The molecule has 3 aromatic rings. The number of carbonyl (C=O) groups is 2. The maximum Gasteiger partial charge on any atom is 0.346 e. The third-order valence-electron chi connectivity index (χ3n) is 3.73. The molecule has 0 fully saturated rings. The summed E-state index contributed by atoms with van der Waals surface area (Å²) in [7, 11) is 0. The van der Waals surface area contributed by atoms with Gasteiger partial charge in [0.1, 0.15) is 17.6 Å². The molecule has 0 saturated heterocycles. The number of esters is 2. The van der Waals surface area contributed by atoms with Crippen LogP contribution in [0, 0.1) is 0 Å². The molecule has 10 heteroatoms. The average Bonchev–Trinajstić information content (AvgIpc) is 3.13. The summed E-state index contributed by atoms with van der Waals surface area (Å²) in [6.45, 7) is 3.71. The summed E-state index contributed by atoms with van der Waals surface area (Å²) in [6, 6.07) is 6.72. The van der Waals surface area contributed by atoms with Crippen LogP contribution in [0.25, 0.3) is 11.3 Å². The van der Waals surface area contributed by atoms with Gasteiger partial charge in [0.15, 0.2) is 11.4 Å². The Morgan fingerprint density at radius 2 is 1.79 bits per heavy atom. The number of hydrogen-bond acceptors (Lipinski definition) is 9. The lowest BCUT2D eigenvalue weighted by atomic mass is 10.1. The number of rotatable bonds is 7. The normalized spacial score (nSPS) is 10.4. The van der Waals surface area contributed by atoms with E-state index in [-0.39, 0.29) is 41.7 Å². The van der Waals surface area contributed by atoms with Crippen molar-refractivity contribution in [3.05, 3.63) is 52.9 Å². The highest BCUT2D eigenvalue weighted by molar-refractivity contribution is 6.30. The minimum absolute atomic E-state index is 0.0300. The smallest absolute Gasteiger partial charge is 0.346 e. The Morgan fingerprint density at radius 3 is 2.48 bits per heavy atom. The third-order valence-corrected chi connectivity index (χ3v) is 3.98. The summed E-state index contributed by atoms with van der Waals surface area (Å²) in [4.78, 5) is 32.6. The lowest BCUT2D eigenvalue weighted by Crippen LogP contribution is -2.12. The summed E-state index contributed by atoms with van der Waals surface area (Å²) in [5, 5.41) is 7.33. The minimum atomic E-state index is -0.645. The van der Waals surface area contributed by atoms with E-state index in [0.717, 1.165) is 0 Å². The molecule has 0 aliphatic carbocycles. The van der Waals surface area contributed by atoms with Crippen molar-refractivity contribution in [3.63, 3.8) is 0 Å². The van der Waals surface area contributed by atoms with Gasteiger partial charge in [-0.05, 0) is 26.0 Å². The summed E-state index contributed by atoms with van der Waals surface area (Å²) in [5.74, 6) is -1.20. The number of nitrogens with one attached hydrogen (secondary N) is 1. The highest BCUT2D eigenvalue weighted by Crippen LogP contribution is 2.32. The highest BCUT2D eigenvalue weighted by atomic mass is 35.5. The van der Waals surface area contributed by atoms with Crippen LogP contribution in [0.5, 0.6) is 0 Å². The maximum atomic E-state index is 12.6. The Bertz CT molecular complexity index is 1020. The van der Waals surface area contributed by atoms with Gasteiger partial charge in [-0.1, -0.05) is 28.9 Å². The molecule has 0 amide bonds. The number of ether oxygens (including phenoxy) is 2. The van der Waals surface area contributed by atoms with Gasteiger partial charge < -0.3 is 19.3 Å². The van der Waals surface area contributed by atoms with Gasteiger partial charge in [0, 0.05) is 16.8 Å². The molecule has 2 heterocycles. The standard InChI is InChI=1S/C19H17ClN4O5/c1-3-27-18(25)13-9-21-10-22-16(13)23-17-14(19(26)28-4-2)15(24-29-17)11-5-7-12(20)8-6-11/h5-10H,3-4H2,1-2H3,(H,21,22,23). The van der Waals surface area contributed by atoms with Gasteiger partial charge in [-0.15, -0.1) is 0 Å². The van der Waals surface area contributed by atoms with E-state index in [0.29, 0.717) is 10.6 Å². The Morgan fingerprint density at radius 1 is 1.10 bits per heavy atom. The van der Waals surface area contributed by atoms with E-state index < -0.39 is 11.9 Å². The van der Waals surface area contributed by atoms with Crippen LogP contribution >= 0.6 is 11.6 Å². The van der Waals surface area contributed by atoms with Gasteiger partial charge >= 0.3 is 11.9 Å². The molecule has 0 saturated carbocycles. The van der Waals surface area contributed by atoms with Crippen molar-refractivity contribution in [1.29, 1.82) is 0 Å². The molecule has 0 spiro atoms. The van der Waals surface area contributed by atoms with Crippen LogP contribution in [-0.2, 0) is 9.47 Å². The van der Waals surface area contributed by atoms with Crippen molar-refractivity contribution in [3.8, 4) is 11.3 Å². The van der Waals surface area contributed by atoms with Crippen molar-refractivity contribution in [2.45, 2.75) is 13.8 Å². The van der Waals surface area contributed by atoms with Crippen molar-refractivity contribution in [2.24, 2.45) is 0 Å². The van der Waals surface area contributed by atoms with E-state index in [1.807, 2.05) is 0 Å². The molecule has 1 N–H and O–H groups in total. The molecule has 1 aromatic carbocycles. The molecule has 0 atom stereocenters. The first-order valence-electron chi connectivity index (χ1n) is 8.72. The van der Waals surface area contributed by atoms with E-state index in [9.17, 15) is 9.59 Å². The van der Waals surface area contributed by atoms with Gasteiger partial charge in [-0.25, -0.2) is 19.6 Å². The van der Waals surface area contributed by atoms with Crippen LogP contribution in [0.2, 0.25) is 5.02 Å². The molecule has 0 aliphatic rings. The molecule has 2 aromatic heterocycles. The van der Waals surface area contributed by atoms with Gasteiger partial charge in [-0.2, -0.15) is 0 Å². The van der Waals surface area contributed by atoms with Gasteiger partial charge in [0.25, 0.3) is 0 Å². The van der Waals surface area contributed by atoms with Crippen LogP contribution in [0.1, 0.15) is 34.6 Å². The number of nitrogens with zero attached hydrogens (tertiary/aromatic N) is 3. The Hall–Kier alpha value is -3.46. The Labute approximate surface area is 171 Å². The zero-order valence-electron chi connectivity index (χ0n) is 15.6. The Balaban J connectivity index is 2.04. The summed E-state index contributed by atoms with van der Waals surface area (Å²) >= 11 is 5.93. The minimum Gasteiger partial charge on any atom is -0.462 e. The largest absolute Gasteiger partial charge is 0.462 e. The molecule has 9 nitrogen and oxygen atoms in total. The van der Waals surface area contributed by atoms with Crippen LogP contribution in [-0.4, -0.2) is 40.3 Å². The first-order valence-corrected chi connectivity index (χ1v) is 9.09. The number of aromatic nitrogens is 3. The molecule has 3 rings (SSSR count). The van der Waals surface area contributed by atoms with Crippen LogP contribution in [0.3, 0.4) is 0 Å². The van der Waals surface area contributed by atoms with Gasteiger partial charge in [0.05, 0.1) is 13.2 Å². The van der Waals surface area contributed by atoms with Crippen LogP contribution in [0.4, 0.5) is 11.7 Å². The van der Waals surface area contributed by atoms with E-state index in [1.54, 1.807) is 38.1 Å². The monoisotopic (exact) mass is 416 g/mol. The van der Waals surface area contributed by atoms with Crippen molar-refractivity contribution in [2.75, 3.05) is 18.5 Å². The fraction of sp³-hybridized carbons (Fsp3) is 0.211. The van der Waals surface area contributed by atoms with Crippen molar-refractivity contribution >= 4 is 35.2 Å². The second-order valence-corrected chi connectivity index (χ2v) is 6.03.